The van der Waals surface area contributed by atoms with E-state index in [1.54, 1.807) is 12.1 Å². The van der Waals surface area contributed by atoms with Crippen molar-refractivity contribution in [3.8, 4) is 0 Å². The van der Waals surface area contributed by atoms with Crippen LogP contribution in [-0.2, 0) is 17.6 Å². The van der Waals surface area contributed by atoms with E-state index in [4.69, 9.17) is 5.73 Å². The molecule has 1 atom stereocenters. The first-order chi connectivity index (χ1) is 12.5. The zero-order valence-electron chi connectivity index (χ0n) is 14.6. The van der Waals surface area contributed by atoms with Crippen LogP contribution in [-0.4, -0.2) is 33.9 Å². The number of amides is 1. The molecule has 0 bridgehead atoms. The average molecular weight is 358 g/mol. The zero-order chi connectivity index (χ0) is 18.5. The smallest absolute Gasteiger partial charge is 0.252 e. The minimum Gasteiger partial charge on any atom is -0.369 e. The molecule has 3 rings (SSSR count). The average Bonchev–Trinajstić information content (AvgIpc) is 2.59. The third-order valence-corrected chi connectivity index (χ3v) is 4.75. The Kier molecular flexibility index (Phi) is 5.65. The molecule has 3 N–H and O–H groups in total. The number of nitrogens with zero attached hydrogens (tertiary/aromatic N) is 2. The van der Waals surface area contributed by atoms with Gasteiger partial charge in [0.1, 0.15) is 5.82 Å². The highest BCUT2D eigenvalue weighted by Crippen LogP contribution is 2.22. The number of aromatic amines is 1. The lowest BCUT2D eigenvalue weighted by molar-refractivity contribution is -0.132. The fourth-order valence-corrected chi connectivity index (χ4v) is 3.48. The van der Waals surface area contributed by atoms with Crippen LogP contribution in [0.1, 0.15) is 30.5 Å². The number of rotatable bonds is 5. The molecule has 0 aliphatic carbocycles. The number of likely N-dealkylation sites (tertiary alicyclic amines) is 1. The van der Waals surface area contributed by atoms with Gasteiger partial charge >= 0.3 is 0 Å². The molecule has 1 aliphatic rings. The number of hydrogen-bond donors (Lipinski definition) is 2. The van der Waals surface area contributed by atoms with Crippen LogP contribution in [0.15, 0.2) is 35.1 Å². The van der Waals surface area contributed by atoms with Gasteiger partial charge in [-0.25, -0.2) is 9.37 Å². The molecule has 2 heterocycles. The van der Waals surface area contributed by atoms with Crippen molar-refractivity contribution in [2.75, 3.05) is 18.8 Å². The van der Waals surface area contributed by atoms with Crippen molar-refractivity contribution in [1.82, 2.24) is 14.9 Å². The predicted molar refractivity (Wildman–Crippen MR) is 97.0 cm³/mol. The summed E-state index contributed by atoms with van der Waals surface area (Å²) in [5.74, 6) is 0.158. The molecule has 1 amide bonds. The normalized spacial score (nSPS) is 17.3. The highest BCUT2D eigenvalue weighted by Gasteiger charge is 2.24. The Balaban J connectivity index is 1.55. The molecule has 0 spiro atoms. The van der Waals surface area contributed by atoms with Gasteiger partial charge in [0.25, 0.3) is 5.56 Å². The number of hydrogen-bond acceptors (Lipinski definition) is 4. The van der Waals surface area contributed by atoms with Gasteiger partial charge in [-0.2, -0.15) is 0 Å². The van der Waals surface area contributed by atoms with Gasteiger partial charge in [0.15, 0.2) is 0 Å². The van der Waals surface area contributed by atoms with Gasteiger partial charge in [0.05, 0.1) is 12.1 Å². The lowest BCUT2D eigenvalue weighted by Gasteiger charge is -2.33. The number of halogens is 1. The molecule has 1 fully saturated rings. The van der Waals surface area contributed by atoms with Gasteiger partial charge in [-0.15, -0.1) is 0 Å². The number of aromatic nitrogens is 2. The Labute approximate surface area is 151 Å². The first-order valence-electron chi connectivity index (χ1n) is 8.87. The van der Waals surface area contributed by atoms with Crippen LogP contribution in [0.3, 0.4) is 0 Å². The summed E-state index contributed by atoms with van der Waals surface area (Å²) in [6.45, 7) is 1.40. The van der Waals surface area contributed by atoms with Gasteiger partial charge < -0.3 is 10.6 Å². The van der Waals surface area contributed by atoms with Gasteiger partial charge in [0, 0.05) is 19.2 Å². The van der Waals surface area contributed by atoms with Crippen LogP contribution in [0.5, 0.6) is 0 Å². The maximum absolute atomic E-state index is 13.3. The number of benzene rings is 1. The van der Waals surface area contributed by atoms with Crippen molar-refractivity contribution in [3.63, 3.8) is 0 Å². The summed E-state index contributed by atoms with van der Waals surface area (Å²) in [4.78, 5) is 32.2. The second kappa shape index (κ2) is 8.12. The van der Waals surface area contributed by atoms with Crippen molar-refractivity contribution in [2.24, 2.45) is 5.92 Å². The molecule has 0 unspecified atom stereocenters. The van der Waals surface area contributed by atoms with E-state index in [-0.39, 0.29) is 29.7 Å². The van der Waals surface area contributed by atoms with E-state index in [9.17, 15) is 14.0 Å². The predicted octanol–water partition coefficient (Wildman–Crippen LogP) is 1.91. The number of aryl methyl sites for hydroxylation is 1. The molecule has 6 nitrogen and oxygen atoms in total. The molecule has 0 radical (unpaired) electrons. The third kappa shape index (κ3) is 4.91. The highest BCUT2D eigenvalue weighted by atomic mass is 19.1. The second-order valence-electron chi connectivity index (χ2n) is 6.82. The summed E-state index contributed by atoms with van der Waals surface area (Å²) in [5, 5.41) is 0. The third-order valence-electron chi connectivity index (χ3n) is 4.75. The quantitative estimate of drug-likeness (QED) is 0.854. The first kappa shape index (κ1) is 18.1. The summed E-state index contributed by atoms with van der Waals surface area (Å²) in [6.07, 6.45) is 3.81. The van der Waals surface area contributed by atoms with E-state index in [1.165, 1.54) is 12.1 Å². The van der Waals surface area contributed by atoms with E-state index < -0.39 is 0 Å². The van der Waals surface area contributed by atoms with Gasteiger partial charge in [-0.3, -0.25) is 14.6 Å². The summed E-state index contributed by atoms with van der Waals surface area (Å²) in [7, 11) is 0. The maximum Gasteiger partial charge on any atom is 0.252 e. The van der Waals surface area contributed by atoms with Crippen LogP contribution >= 0.6 is 0 Å². The molecule has 1 aliphatic heterocycles. The van der Waals surface area contributed by atoms with Crippen molar-refractivity contribution in [2.45, 2.75) is 32.1 Å². The molecule has 0 saturated carbocycles. The minimum atomic E-state index is -0.355. The van der Waals surface area contributed by atoms with E-state index in [1.807, 2.05) is 11.0 Å². The van der Waals surface area contributed by atoms with E-state index >= 15 is 0 Å². The van der Waals surface area contributed by atoms with Gasteiger partial charge in [0.2, 0.25) is 11.9 Å². The summed E-state index contributed by atoms with van der Waals surface area (Å²) in [6, 6.07) is 7.97. The zero-order valence-corrected chi connectivity index (χ0v) is 14.6. The van der Waals surface area contributed by atoms with Crippen molar-refractivity contribution >= 4 is 11.9 Å². The molecular weight excluding hydrogens is 335 g/mol. The van der Waals surface area contributed by atoms with Crippen LogP contribution in [0, 0.1) is 11.7 Å². The molecule has 1 aromatic carbocycles. The number of carbonyl (C=O) groups is 1. The Bertz CT molecular complexity index is 836. The monoisotopic (exact) mass is 358 g/mol. The fraction of sp³-hybridized carbons (Fsp3) is 0.421. The van der Waals surface area contributed by atoms with Gasteiger partial charge in [-0.05, 0) is 49.3 Å². The van der Waals surface area contributed by atoms with Crippen molar-refractivity contribution in [3.05, 3.63) is 57.8 Å². The molecule has 7 heteroatoms. The minimum absolute atomic E-state index is 0.0203. The number of piperidine rings is 1. The lowest BCUT2D eigenvalue weighted by atomic mass is 9.91. The van der Waals surface area contributed by atoms with Crippen LogP contribution in [0.4, 0.5) is 10.3 Å². The lowest BCUT2D eigenvalue weighted by Crippen LogP contribution is -2.41. The number of carbonyl (C=O) groups excluding carboxylic acids is 1. The topological polar surface area (TPSA) is 92.1 Å². The number of nitrogen functional groups attached to an aromatic ring is 1. The summed E-state index contributed by atoms with van der Waals surface area (Å²) >= 11 is 0. The van der Waals surface area contributed by atoms with E-state index in [0.29, 0.717) is 24.7 Å². The van der Waals surface area contributed by atoms with Crippen LogP contribution in [0.2, 0.25) is 0 Å². The summed E-state index contributed by atoms with van der Waals surface area (Å²) in [5.41, 5.74) is 6.54. The molecule has 1 saturated heterocycles. The molecule has 138 valence electrons. The van der Waals surface area contributed by atoms with Gasteiger partial charge in [-0.1, -0.05) is 12.1 Å². The molecule has 2 aromatic rings. The Hall–Kier alpha value is -2.70. The molecular formula is C19H23FN4O2. The Morgan fingerprint density at radius 3 is 3.00 bits per heavy atom. The summed E-state index contributed by atoms with van der Waals surface area (Å²) < 4.78 is 13.3. The fourth-order valence-electron chi connectivity index (χ4n) is 3.48. The largest absolute Gasteiger partial charge is 0.369 e. The van der Waals surface area contributed by atoms with Crippen molar-refractivity contribution in [1.29, 1.82) is 0 Å². The Morgan fingerprint density at radius 1 is 1.38 bits per heavy atom. The van der Waals surface area contributed by atoms with E-state index in [2.05, 4.69) is 9.97 Å². The number of anilines is 1. The number of nitrogens with one attached hydrogen (secondary N) is 1. The standard InChI is InChI=1S/C19H23FN4O2/c20-15-5-1-3-13(9-15)6-7-14-4-2-8-24(12-14)18(26)11-16-10-17(25)23-19(21)22-16/h1,3,5,9-10,14H,2,4,6-8,11-12H2,(H3,21,22,23,25)/t14-/m1/s1. The number of nitrogens with two attached hydrogens (primary N) is 1. The first-order valence-corrected chi connectivity index (χ1v) is 8.87. The number of H-pyrrole nitrogens is 1. The molecule has 26 heavy (non-hydrogen) atoms. The van der Waals surface area contributed by atoms with Crippen LogP contribution < -0.4 is 11.3 Å². The SMILES string of the molecule is Nc1nc(CC(=O)N2CCC[C@H](CCc3cccc(F)c3)C2)cc(=O)[nH]1. The van der Waals surface area contributed by atoms with E-state index in [0.717, 1.165) is 31.2 Å². The highest BCUT2D eigenvalue weighted by molar-refractivity contribution is 5.78. The Morgan fingerprint density at radius 2 is 2.23 bits per heavy atom. The second-order valence-corrected chi connectivity index (χ2v) is 6.82. The van der Waals surface area contributed by atoms with Crippen molar-refractivity contribution < 1.29 is 9.18 Å². The molecule has 1 aromatic heterocycles. The maximum atomic E-state index is 13.3. The van der Waals surface area contributed by atoms with Crippen LogP contribution in [0.25, 0.3) is 0 Å².